The van der Waals surface area contributed by atoms with Gasteiger partial charge in [0.15, 0.2) is 0 Å². The van der Waals surface area contributed by atoms with Crippen LogP contribution >= 0.6 is 0 Å². The van der Waals surface area contributed by atoms with E-state index >= 15 is 0 Å². The average molecular weight is 413 g/mol. The maximum Gasteiger partial charge on any atom is 0.232 e. The summed E-state index contributed by atoms with van der Waals surface area (Å²) in [6.45, 7) is 1.36. The highest BCUT2D eigenvalue weighted by molar-refractivity contribution is 5.87. The Morgan fingerprint density at radius 2 is 1.26 bits per heavy atom. The highest BCUT2D eigenvalue weighted by Crippen LogP contribution is 2.25. The molecule has 3 aromatic carbocycles. The van der Waals surface area contributed by atoms with E-state index in [0.29, 0.717) is 19.5 Å². The maximum absolute atomic E-state index is 13.3. The number of hydrogen-bond acceptors (Lipinski definition) is 2. The smallest absolute Gasteiger partial charge is 0.232 e. The van der Waals surface area contributed by atoms with Crippen LogP contribution in [0.25, 0.3) is 0 Å². The fraction of sp³-hybridized carbons (Fsp3) is 0.259. The lowest BCUT2D eigenvalue weighted by Crippen LogP contribution is -2.48. The highest BCUT2D eigenvalue weighted by Gasteiger charge is 2.28. The van der Waals surface area contributed by atoms with Gasteiger partial charge in [0, 0.05) is 19.1 Å². The number of carbonyl (C=O) groups is 2. The Bertz CT molecular complexity index is 942. The van der Waals surface area contributed by atoms with Crippen LogP contribution in [-0.4, -0.2) is 35.8 Å². The van der Waals surface area contributed by atoms with Crippen LogP contribution in [0.2, 0.25) is 0 Å². The van der Waals surface area contributed by atoms with Crippen LogP contribution in [0.4, 0.5) is 0 Å². The second-order valence-electron chi connectivity index (χ2n) is 8.08. The molecular weight excluding hydrogens is 384 g/mol. The van der Waals surface area contributed by atoms with Gasteiger partial charge in [0.2, 0.25) is 11.8 Å². The monoisotopic (exact) mass is 412 g/mol. The molecule has 0 radical (unpaired) electrons. The standard InChI is InChI=1S/C27H28N2O2/c30-25(20-21-10-4-1-5-11-21)29-18-16-24(17-19-29)28-27(31)26(22-12-6-2-7-13-22)23-14-8-3-9-15-23/h1-15,24,26H,16-20H2,(H,28,31). The van der Waals surface area contributed by atoms with Gasteiger partial charge in [-0.3, -0.25) is 9.59 Å². The van der Waals surface area contributed by atoms with Crippen molar-refractivity contribution in [3.8, 4) is 0 Å². The molecule has 0 aromatic heterocycles. The molecule has 4 heteroatoms. The molecule has 1 aliphatic heterocycles. The summed E-state index contributed by atoms with van der Waals surface area (Å²) in [5.74, 6) is -0.158. The van der Waals surface area contributed by atoms with Crippen molar-refractivity contribution in [1.29, 1.82) is 0 Å². The number of hydrogen-bond donors (Lipinski definition) is 1. The molecule has 2 amide bonds. The summed E-state index contributed by atoms with van der Waals surface area (Å²) in [7, 11) is 0. The van der Waals surface area contributed by atoms with Gasteiger partial charge in [-0.2, -0.15) is 0 Å². The predicted molar refractivity (Wildman–Crippen MR) is 123 cm³/mol. The topological polar surface area (TPSA) is 49.4 Å². The van der Waals surface area contributed by atoms with Crippen molar-refractivity contribution in [2.45, 2.75) is 31.2 Å². The highest BCUT2D eigenvalue weighted by atomic mass is 16.2. The van der Waals surface area contributed by atoms with Gasteiger partial charge in [-0.1, -0.05) is 91.0 Å². The van der Waals surface area contributed by atoms with Crippen LogP contribution in [0.5, 0.6) is 0 Å². The lowest BCUT2D eigenvalue weighted by Gasteiger charge is -2.33. The van der Waals surface area contributed by atoms with Gasteiger partial charge in [0.25, 0.3) is 0 Å². The number of rotatable bonds is 6. The fourth-order valence-electron chi connectivity index (χ4n) is 4.23. The largest absolute Gasteiger partial charge is 0.352 e. The van der Waals surface area contributed by atoms with E-state index in [-0.39, 0.29) is 23.8 Å². The van der Waals surface area contributed by atoms with E-state index in [4.69, 9.17) is 0 Å². The summed E-state index contributed by atoms with van der Waals surface area (Å²) in [5.41, 5.74) is 3.01. The molecule has 0 bridgehead atoms. The van der Waals surface area contributed by atoms with Gasteiger partial charge in [0.05, 0.1) is 12.3 Å². The third-order valence-corrected chi connectivity index (χ3v) is 5.92. The van der Waals surface area contributed by atoms with Crippen LogP contribution < -0.4 is 5.32 Å². The molecule has 3 aromatic rings. The normalized spacial score (nSPS) is 14.4. The Balaban J connectivity index is 1.37. The SMILES string of the molecule is O=C(NC1CCN(C(=O)Cc2ccccc2)CC1)C(c1ccccc1)c1ccccc1. The summed E-state index contributed by atoms with van der Waals surface area (Å²) in [6.07, 6.45) is 1.99. The quantitative estimate of drug-likeness (QED) is 0.661. The predicted octanol–water partition coefficient (Wildman–Crippen LogP) is 4.17. The summed E-state index contributed by atoms with van der Waals surface area (Å²) in [6, 6.07) is 29.7. The van der Waals surface area contributed by atoms with E-state index in [1.165, 1.54) is 0 Å². The molecule has 0 spiro atoms. The first-order chi connectivity index (χ1) is 15.2. The molecular formula is C27H28N2O2. The number of benzene rings is 3. The van der Waals surface area contributed by atoms with E-state index in [1.54, 1.807) is 0 Å². The lowest BCUT2D eigenvalue weighted by atomic mass is 9.90. The summed E-state index contributed by atoms with van der Waals surface area (Å²) in [4.78, 5) is 27.8. The molecule has 1 aliphatic rings. The molecule has 1 heterocycles. The average Bonchev–Trinajstić information content (AvgIpc) is 2.82. The molecule has 4 rings (SSSR count). The minimum absolute atomic E-state index is 0.0199. The number of nitrogens with zero attached hydrogens (tertiary/aromatic N) is 1. The van der Waals surface area contributed by atoms with Crippen molar-refractivity contribution in [1.82, 2.24) is 10.2 Å². The molecule has 0 saturated carbocycles. The Morgan fingerprint density at radius 3 is 1.77 bits per heavy atom. The van der Waals surface area contributed by atoms with E-state index in [1.807, 2.05) is 95.9 Å². The zero-order chi connectivity index (χ0) is 21.5. The Kier molecular flexibility index (Phi) is 6.78. The fourth-order valence-corrected chi connectivity index (χ4v) is 4.23. The third kappa shape index (κ3) is 5.40. The molecule has 0 atom stereocenters. The number of amides is 2. The van der Waals surface area contributed by atoms with E-state index in [9.17, 15) is 9.59 Å². The number of piperidine rings is 1. The summed E-state index contributed by atoms with van der Waals surface area (Å²) in [5, 5.41) is 3.25. The number of likely N-dealkylation sites (tertiary alicyclic amines) is 1. The first kappa shape index (κ1) is 20.9. The zero-order valence-electron chi connectivity index (χ0n) is 17.6. The van der Waals surface area contributed by atoms with Crippen molar-refractivity contribution in [2.24, 2.45) is 0 Å². The molecule has 0 aliphatic carbocycles. The zero-order valence-corrected chi connectivity index (χ0v) is 17.6. The minimum atomic E-state index is -0.333. The Labute approximate surface area is 183 Å². The van der Waals surface area contributed by atoms with E-state index in [0.717, 1.165) is 29.5 Å². The molecule has 4 nitrogen and oxygen atoms in total. The Morgan fingerprint density at radius 1 is 0.774 bits per heavy atom. The summed E-state index contributed by atoms with van der Waals surface area (Å²) < 4.78 is 0. The van der Waals surface area contributed by atoms with Gasteiger partial charge in [-0.25, -0.2) is 0 Å². The van der Waals surface area contributed by atoms with Gasteiger partial charge in [0.1, 0.15) is 0 Å². The van der Waals surface area contributed by atoms with Crippen molar-refractivity contribution < 1.29 is 9.59 Å². The van der Waals surface area contributed by atoms with Gasteiger partial charge in [-0.05, 0) is 29.5 Å². The third-order valence-electron chi connectivity index (χ3n) is 5.92. The summed E-state index contributed by atoms with van der Waals surface area (Å²) >= 11 is 0. The lowest BCUT2D eigenvalue weighted by molar-refractivity contribution is -0.131. The van der Waals surface area contributed by atoms with Gasteiger partial charge in [-0.15, -0.1) is 0 Å². The molecule has 1 fully saturated rings. The molecule has 158 valence electrons. The van der Waals surface area contributed by atoms with Crippen LogP contribution in [0, 0.1) is 0 Å². The van der Waals surface area contributed by atoms with Crippen molar-refractivity contribution in [3.63, 3.8) is 0 Å². The second-order valence-corrected chi connectivity index (χ2v) is 8.08. The first-order valence-electron chi connectivity index (χ1n) is 10.9. The molecule has 0 unspecified atom stereocenters. The van der Waals surface area contributed by atoms with Crippen LogP contribution in [0.3, 0.4) is 0 Å². The maximum atomic E-state index is 13.3. The van der Waals surface area contributed by atoms with E-state index in [2.05, 4.69) is 5.32 Å². The van der Waals surface area contributed by atoms with Crippen LogP contribution in [0.15, 0.2) is 91.0 Å². The van der Waals surface area contributed by atoms with E-state index < -0.39 is 0 Å². The molecule has 31 heavy (non-hydrogen) atoms. The number of carbonyl (C=O) groups excluding carboxylic acids is 2. The molecule has 1 saturated heterocycles. The van der Waals surface area contributed by atoms with Gasteiger partial charge < -0.3 is 10.2 Å². The minimum Gasteiger partial charge on any atom is -0.352 e. The number of nitrogens with one attached hydrogen (secondary N) is 1. The second kappa shape index (κ2) is 10.1. The van der Waals surface area contributed by atoms with Crippen molar-refractivity contribution in [3.05, 3.63) is 108 Å². The van der Waals surface area contributed by atoms with Crippen LogP contribution in [0.1, 0.15) is 35.4 Å². The first-order valence-corrected chi connectivity index (χ1v) is 10.9. The van der Waals surface area contributed by atoms with Crippen molar-refractivity contribution in [2.75, 3.05) is 13.1 Å². The molecule has 1 N–H and O–H groups in total. The van der Waals surface area contributed by atoms with Crippen LogP contribution in [-0.2, 0) is 16.0 Å². The van der Waals surface area contributed by atoms with Crippen molar-refractivity contribution >= 4 is 11.8 Å². The Hall–Kier alpha value is -3.40. The van der Waals surface area contributed by atoms with Gasteiger partial charge >= 0.3 is 0 Å².